The van der Waals surface area contributed by atoms with Gasteiger partial charge in [-0.3, -0.25) is 9.59 Å². The van der Waals surface area contributed by atoms with Crippen molar-refractivity contribution in [3.05, 3.63) is 0 Å². The van der Waals surface area contributed by atoms with Crippen molar-refractivity contribution >= 4 is 11.9 Å². The van der Waals surface area contributed by atoms with E-state index in [0.29, 0.717) is 0 Å². The summed E-state index contributed by atoms with van der Waals surface area (Å²) in [7, 11) is 0. The number of carboxylic acid groups (broad SMARTS) is 2. The van der Waals surface area contributed by atoms with Gasteiger partial charge in [-0.25, -0.2) is 0 Å². The molecule has 13 heavy (non-hydrogen) atoms. The van der Waals surface area contributed by atoms with Crippen molar-refractivity contribution in [2.75, 3.05) is 0 Å². The molecule has 2 radical (unpaired) electrons. The summed E-state index contributed by atoms with van der Waals surface area (Å²) in [5.74, 6) is -2.73. The summed E-state index contributed by atoms with van der Waals surface area (Å²) in [6.45, 7) is 0. The molecule has 0 heterocycles. The van der Waals surface area contributed by atoms with Crippen LogP contribution in [0.25, 0.3) is 0 Å². The minimum Gasteiger partial charge on any atom is -0.480 e. The molecular weight excluding hydrogens is 368 g/mol. The van der Waals surface area contributed by atoms with Gasteiger partial charge in [-0.15, -0.1) is 0 Å². The maximum Gasteiger partial charge on any atom is 0.321 e. The van der Waals surface area contributed by atoms with E-state index in [1.807, 2.05) is 0 Å². The molecule has 0 aliphatic heterocycles. The van der Waals surface area contributed by atoms with E-state index in [9.17, 15) is 9.59 Å². The van der Waals surface area contributed by atoms with Crippen LogP contribution in [0.1, 0.15) is 12.8 Å². The quantitative estimate of drug-likeness (QED) is 0.438. The molecule has 1 aliphatic carbocycles. The largest absolute Gasteiger partial charge is 0.480 e. The van der Waals surface area contributed by atoms with Crippen molar-refractivity contribution in [1.29, 1.82) is 0 Å². The first-order valence-electron chi connectivity index (χ1n) is 3.14. The Kier molecular flexibility index (Phi) is 6.47. The van der Waals surface area contributed by atoms with Crippen LogP contribution in [0.4, 0.5) is 0 Å². The molecule has 1 rings (SSSR count). The predicted molar refractivity (Wildman–Crippen MR) is 32.9 cm³/mol. The fraction of sp³-hybridized carbons (Fsp3) is 0.667. The Bertz CT molecular complexity index is 195. The van der Waals surface area contributed by atoms with Gasteiger partial charge in [0.2, 0.25) is 0 Å². The molecular formula is C6H8Ag2O5. The molecule has 0 aromatic rings. The molecule has 0 amide bonds. The van der Waals surface area contributed by atoms with E-state index in [0.717, 1.165) is 0 Å². The van der Waals surface area contributed by atoms with Crippen LogP contribution in [0, 0.1) is 5.41 Å². The van der Waals surface area contributed by atoms with Gasteiger partial charge in [-0.1, -0.05) is 0 Å². The van der Waals surface area contributed by atoms with Crippen molar-refractivity contribution < 1.29 is 69.7 Å². The Morgan fingerprint density at radius 2 is 1.38 bits per heavy atom. The first-order chi connectivity index (χ1) is 4.99. The second kappa shape index (κ2) is 5.31. The topological polar surface area (TPSA) is 94.8 Å². The number of aliphatic hydroxyl groups is 1. The van der Waals surface area contributed by atoms with Gasteiger partial charge in [0.25, 0.3) is 0 Å². The Morgan fingerprint density at radius 1 is 1.08 bits per heavy atom. The van der Waals surface area contributed by atoms with Gasteiger partial charge in [-0.05, 0) is 0 Å². The summed E-state index contributed by atoms with van der Waals surface area (Å²) in [5, 5.41) is 25.7. The SMILES string of the molecule is O=C(O)C1(C(=O)O)CC(O)C1.[Ag].[Ag]. The van der Waals surface area contributed by atoms with Crippen LogP contribution in [0.15, 0.2) is 0 Å². The fourth-order valence-electron chi connectivity index (χ4n) is 1.19. The van der Waals surface area contributed by atoms with Gasteiger partial charge in [0.15, 0.2) is 5.41 Å². The Hall–Kier alpha value is 0.381. The summed E-state index contributed by atoms with van der Waals surface area (Å²) < 4.78 is 0. The molecule has 1 aliphatic rings. The van der Waals surface area contributed by atoms with Crippen LogP contribution in [0.5, 0.6) is 0 Å². The van der Waals surface area contributed by atoms with Gasteiger partial charge < -0.3 is 15.3 Å². The van der Waals surface area contributed by atoms with Crippen LogP contribution in [0.2, 0.25) is 0 Å². The molecule has 5 nitrogen and oxygen atoms in total. The maximum atomic E-state index is 10.4. The molecule has 0 atom stereocenters. The molecule has 0 aromatic carbocycles. The summed E-state index contributed by atoms with van der Waals surface area (Å²) >= 11 is 0. The normalized spacial score (nSPS) is 18.8. The number of hydrogen-bond acceptors (Lipinski definition) is 3. The average molecular weight is 376 g/mol. The van der Waals surface area contributed by atoms with Crippen LogP contribution in [0.3, 0.4) is 0 Å². The number of aliphatic hydroxyl groups excluding tert-OH is 1. The summed E-state index contributed by atoms with van der Waals surface area (Å²) in [4.78, 5) is 20.8. The van der Waals surface area contributed by atoms with Gasteiger partial charge in [0.05, 0.1) is 6.10 Å². The first kappa shape index (κ1) is 15.8. The zero-order valence-electron chi connectivity index (χ0n) is 6.25. The van der Waals surface area contributed by atoms with E-state index >= 15 is 0 Å². The maximum absolute atomic E-state index is 10.4. The van der Waals surface area contributed by atoms with Crippen LogP contribution < -0.4 is 0 Å². The van der Waals surface area contributed by atoms with E-state index in [1.165, 1.54) is 0 Å². The molecule has 0 aromatic heterocycles. The van der Waals surface area contributed by atoms with Crippen molar-refractivity contribution in [3.63, 3.8) is 0 Å². The zero-order valence-corrected chi connectivity index (χ0v) is 9.22. The Labute approximate surface area is 106 Å². The third-order valence-electron chi connectivity index (χ3n) is 1.99. The van der Waals surface area contributed by atoms with Crippen LogP contribution in [-0.2, 0) is 54.3 Å². The molecule has 7 heteroatoms. The van der Waals surface area contributed by atoms with Crippen molar-refractivity contribution in [2.45, 2.75) is 18.9 Å². The Balaban J connectivity index is 0. The van der Waals surface area contributed by atoms with Crippen molar-refractivity contribution in [2.24, 2.45) is 5.41 Å². The van der Waals surface area contributed by atoms with E-state index in [4.69, 9.17) is 15.3 Å². The number of hydrogen-bond donors (Lipinski definition) is 3. The summed E-state index contributed by atoms with van der Waals surface area (Å²) in [6.07, 6.45) is -1.14. The molecule has 3 N–H and O–H groups in total. The second-order valence-electron chi connectivity index (χ2n) is 2.75. The van der Waals surface area contributed by atoms with Crippen molar-refractivity contribution in [3.8, 4) is 0 Å². The minimum absolute atomic E-state index is 0. The standard InChI is InChI=1S/C6H8O5.2Ag/c7-3-1-6(2-3,4(8)9)5(10)11;;/h3,7H,1-2H2,(H,8,9)(H,10,11);;. The van der Waals surface area contributed by atoms with E-state index in [1.54, 1.807) is 0 Å². The van der Waals surface area contributed by atoms with Gasteiger partial charge in [0.1, 0.15) is 0 Å². The molecule has 0 saturated heterocycles. The fourth-order valence-corrected chi connectivity index (χ4v) is 1.19. The predicted octanol–water partition coefficient (Wildman–Crippen LogP) is -0.708. The molecule has 84 valence electrons. The molecule has 0 bridgehead atoms. The number of carboxylic acids is 2. The third-order valence-corrected chi connectivity index (χ3v) is 1.99. The zero-order chi connectivity index (χ0) is 8.65. The van der Waals surface area contributed by atoms with Gasteiger partial charge in [0, 0.05) is 57.6 Å². The number of carbonyl (C=O) groups is 2. The summed E-state index contributed by atoms with van der Waals surface area (Å²) in [5.41, 5.74) is -1.72. The van der Waals surface area contributed by atoms with E-state index < -0.39 is 23.5 Å². The Morgan fingerprint density at radius 3 is 1.46 bits per heavy atom. The smallest absolute Gasteiger partial charge is 0.321 e. The number of rotatable bonds is 2. The monoisotopic (exact) mass is 374 g/mol. The molecule has 0 unspecified atom stereocenters. The third kappa shape index (κ3) is 2.66. The number of aliphatic carboxylic acids is 2. The first-order valence-corrected chi connectivity index (χ1v) is 3.14. The van der Waals surface area contributed by atoms with E-state index in [-0.39, 0.29) is 57.6 Å². The van der Waals surface area contributed by atoms with E-state index in [2.05, 4.69) is 0 Å². The van der Waals surface area contributed by atoms with Crippen molar-refractivity contribution in [1.82, 2.24) is 0 Å². The van der Waals surface area contributed by atoms with Crippen LogP contribution in [-0.4, -0.2) is 33.4 Å². The molecule has 1 saturated carbocycles. The van der Waals surface area contributed by atoms with Crippen LogP contribution >= 0.6 is 0 Å². The molecule has 1 fully saturated rings. The minimum atomic E-state index is -1.72. The second-order valence-corrected chi connectivity index (χ2v) is 2.75. The summed E-state index contributed by atoms with van der Waals surface area (Å²) in [6, 6.07) is 0. The average Bonchev–Trinajstić information content (AvgIpc) is 1.78. The molecule has 0 spiro atoms. The van der Waals surface area contributed by atoms with Gasteiger partial charge in [-0.2, -0.15) is 0 Å². The van der Waals surface area contributed by atoms with Gasteiger partial charge >= 0.3 is 11.9 Å².